The Balaban J connectivity index is 1.48. The van der Waals surface area contributed by atoms with E-state index in [9.17, 15) is 14.4 Å². The molecule has 8 nitrogen and oxygen atoms in total. The van der Waals surface area contributed by atoms with Crippen molar-refractivity contribution in [3.8, 4) is 0 Å². The highest BCUT2D eigenvalue weighted by Crippen LogP contribution is 2.19. The van der Waals surface area contributed by atoms with E-state index < -0.39 is 30.1 Å². The fraction of sp³-hybridized carbons (Fsp3) is 0.207. The van der Waals surface area contributed by atoms with Crippen molar-refractivity contribution >= 4 is 28.9 Å². The number of amides is 2. The molecule has 4 rings (SSSR count). The van der Waals surface area contributed by atoms with Crippen LogP contribution in [0.15, 0.2) is 91.1 Å². The summed E-state index contributed by atoms with van der Waals surface area (Å²) < 4.78 is 10.3. The highest BCUT2D eigenvalue weighted by Gasteiger charge is 2.29. The van der Waals surface area contributed by atoms with Crippen molar-refractivity contribution < 1.29 is 23.9 Å². The summed E-state index contributed by atoms with van der Waals surface area (Å²) in [4.78, 5) is 41.8. The maximum atomic E-state index is 13.4. The molecule has 190 valence electrons. The van der Waals surface area contributed by atoms with Crippen LogP contribution in [-0.2, 0) is 38.5 Å². The van der Waals surface area contributed by atoms with Crippen LogP contribution in [-0.4, -0.2) is 42.1 Å². The first-order valence-corrected chi connectivity index (χ1v) is 12.0. The van der Waals surface area contributed by atoms with Crippen molar-refractivity contribution in [2.24, 2.45) is 0 Å². The zero-order valence-electron chi connectivity index (χ0n) is 20.5. The van der Waals surface area contributed by atoms with Gasteiger partial charge in [0.1, 0.15) is 18.7 Å². The predicted molar refractivity (Wildman–Crippen MR) is 140 cm³/mol. The normalized spacial score (nSPS) is 12.4. The Morgan fingerprint density at radius 1 is 0.784 bits per heavy atom. The molecule has 2 amide bonds. The van der Waals surface area contributed by atoms with Crippen molar-refractivity contribution in [1.29, 1.82) is 0 Å². The van der Waals surface area contributed by atoms with Gasteiger partial charge in [0.2, 0.25) is 5.91 Å². The highest BCUT2D eigenvalue weighted by molar-refractivity contribution is 5.91. The Labute approximate surface area is 215 Å². The molecular weight excluding hydrogens is 470 g/mol. The molecule has 0 aliphatic carbocycles. The maximum Gasteiger partial charge on any atom is 0.408 e. The maximum absolute atomic E-state index is 13.4. The summed E-state index contributed by atoms with van der Waals surface area (Å²) in [5.41, 5.74) is 3.46. The molecule has 3 aromatic carbocycles. The Morgan fingerprint density at radius 3 is 2.14 bits per heavy atom. The minimum Gasteiger partial charge on any atom is -0.467 e. The van der Waals surface area contributed by atoms with Crippen molar-refractivity contribution in [1.82, 2.24) is 15.6 Å². The first kappa shape index (κ1) is 25.5. The number of carbonyl (C=O) groups is 3. The van der Waals surface area contributed by atoms with E-state index in [1.54, 1.807) is 0 Å². The van der Waals surface area contributed by atoms with Gasteiger partial charge in [0.05, 0.1) is 7.11 Å². The van der Waals surface area contributed by atoms with Crippen LogP contribution in [0.25, 0.3) is 10.9 Å². The number of rotatable bonds is 10. The molecule has 0 bridgehead atoms. The predicted octanol–water partition coefficient (Wildman–Crippen LogP) is 3.91. The number of methoxy groups -OCH3 is 1. The molecule has 1 heterocycles. The number of aromatic amines is 1. The number of benzene rings is 3. The number of aromatic nitrogens is 1. The molecule has 0 radical (unpaired) electrons. The Kier molecular flexibility index (Phi) is 8.54. The molecule has 2 unspecified atom stereocenters. The third kappa shape index (κ3) is 6.98. The summed E-state index contributed by atoms with van der Waals surface area (Å²) in [5.74, 6) is -1.10. The topological polar surface area (TPSA) is 110 Å². The van der Waals surface area contributed by atoms with E-state index in [2.05, 4.69) is 15.6 Å². The van der Waals surface area contributed by atoms with E-state index in [1.807, 2.05) is 91.1 Å². The van der Waals surface area contributed by atoms with Crippen LogP contribution in [0, 0.1) is 0 Å². The van der Waals surface area contributed by atoms with Gasteiger partial charge in [-0.2, -0.15) is 0 Å². The molecule has 2 atom stereocenters. The molecule has 0 aliphatic rings. The lowest BCUT2D eigenvalue weighted by atomic mass is 10.0. The largest absolute Gasteiger partial charge is 0.467 e. The summed E-state index contributed by atoms with van der Waals surface area (Å²) in [6.45, 7) is 0.0672. The lowest BCUT2D eigenvalue weighted by Crippen LogP contribution is -2.53. The summed E-state index contributed by atoms with van der Waals surface area (Å²) in [6.07, 6.45) is 1.52. The van der Waals surface area contributed by atoms with Gasteiger partial charge in [0.15, 0.2) is 0 Å². The number of nitrogens with one attached hydrogen (secondary N) is 3. The number of hydrogen-bond acceptors (Lipinski definition) is 5. The van der Waals surface area contributed by atoms with E-state index in [4.69, 9.17) is 9.47 Å². The van der Waals surface area contributed by atoms with Crippen molar-refractivity contribution in [2.75, 3.05) is 7.11 Å². The number of carbonyl (C=O) groups excluding carboxylic acids is 3. The van der Waals surface area contributed by atoms with E-state index in [0.29, 0.717) is 0 Å². The second kappa shape index (κ2) is 12.4. The van der Waals surface area contributed by atoms with Gasteiger partial charge in [-0.1, -0.05) is 78.9 Å². The van der Waals surface area contributed by atoms with Gasteiger partial charge in [0, 0.05) is 29.9 Å². The van der Waals surface area contributed by atoms with Gasteiger partial charge in [-0.15, -0.1) is 0 Å². The van der Waals surface area contributed by atoms with Crippen LogP contribution < -0.4 is 10.6 Å². The van der Waals surface area contributed by atoms with Crippen LogP contribution in [0.1, 0.15) is 16.7 Å². The molecule has 0 saturated heterocycles. The van der Waals surface area contributed by atoms with E-state index in [-0.39, 0.29) is 19.4 Å². The first-order chi connectivity index (χ1) is 18.0. The van der Waals surface area contributed by atoms with E-state index >= 15 is 0 Å². The summed E-state index contributed by atoms with van der Waals surface area (Å²) >= 11 is 0. The summed E-state index contributed by atoms with van der Waals surface area (Å²) in [7, 11) is 1.28. The minimum absolute atomic E-state index is 0.0672. The minimum atomic E-state index is -0.971. The SMILES string of the molecule is COC(=O)C(Cc1c[nH]c2ccccc12)NC(=O)C(Cc1ccccc1)NC(=O)OCc1ccccc1. The molecule has 3 N–H and O–H groups in total. The van der Waals surface area contributed by atoms with Gasteiger partial charge in [-0.05, 0) is 22.8 Å². The second-order valence-electron chi connectivity index (χ2n) is 8.60. The third-order valence-corrected chi connectivity index (χ3v) is 6.01. The van der Waals surface area contributed by atoms with Crippen LogP contribution in [0.4, 0.5) is 4.79 Å². The molecule has 37 heavy (non-hydrogen) atoms. The second-order valence-corrected chi connectivity index (χ2v) is 8.60. The zero-order chi connectivity index (χ0) is 26.0. The lowest BCUT2D eigenvalue weighted by molar-refractivity contribution is -0.145. The average molecular weight is 500 g/mol. The average Bonchev–Trinajstić information content (AvgIpc) is 3.34. The lowest BCUT2D eigenvalue weighted by Gasteiger charge is -2.22. The number of alkyl carbamates (subject to hydrolysis) is 1. The number of para-hydroxylation sites is 1. The van der Waals surface area contributed by atoms with Crippen molar-refractivity contribution in [2.45, 2.75) is 31.5 Å². The number of ether oxygens (including phenoxy) is 2. The van der Waals surface area contributed by atoms with Crippen molar-refractivity contribution in [3.05, 3.63) is 108 Å². The highest BCUT2D eigenvalue weighted by atomic mass is 16.5. The molecule has 4 aromatic rings. The van der Waals surface area contributed by atoms with E-state index in [1.165, 1.54) is 7.11 Å². The molecular formula is C29H29N3O5. The van der Waals surface area contributed by atoms with Gasteiger partial charge in [0.25, 0.3) is 0 Å². The number of H-pyrrole nitrogens is 1. The van der Waals surface area contributed by atoms with Crippen molar-refractivity contribution in [3.63, 3.8) is 0 Å². The van der Waals surface area contributed by atoms with Gasteiger partial charge >= 0.3 is 12.1 Å². The van der Waals surface area contributed by atoms with Crippen LogP contribution >= 0.6 is 0 Å². The van der Waals surface area contributed by atoms with Crippen LogP contribution in [0.2, 0.25) is 0 Å². The molecule has 0 spiro atoms. The van der Waals surface area contributed by atoms with Gasteiger partial charge in [-0.25, -0.2) is 9.59 Å². The molecule has 0 saturated carbocycles. The van der Waals surface area contributed by atoms with Gasteiger partial charge in [-0.3, -0.25) is 4.79 Å². The van der Waals surface area contributed by atoms with Crippen LogP contribution in [0.3, 0.4) is 0 Å². The van der Waals surface area contributed by atoms with Gasteiger partial charge < -0.3 is 25.1 Å². The molecule has 8 heteroatoms. The Bertz CT molecular complexity index is 1340. The smallest absolute Gasteiger partial charge is 0.408 e. The first-order valence-electron chi connectivity index (χ1n) is 12.0. The molecule has 1 aromatic heterocycles. The Hall–Kier alpha value is -4.59. The standard InChI is InChI=1S/C29H29N3O5/c1-36-28(34)26(17-22-18-30-24-15-9-8-14-23(22)24)31-27(33)25(16-20-10-4-2-5-11-20)32-29(35)37-19-21-12-6-3-7-13-21/h2-15,18,25-26,30H,16-17,19H2,1H3,(H,31,33)(H,32,35). The number of hydrogen-bond donors (Lipinski definition) is 3. The van der Waals surface area contributed by atoms with E-state index in [0.717, 1.165) is 27.6 Å². The number of esters is 1. The number of fused-ring (bicyclic) bond motifs is 1. The molecule has 0 fully saturated rings. The Morgan fingerprint density at radius 2 is 1.43 bits per heavy atom. The zero-order valence-corrected chi connectivity index (χ0v) is 20.5. The molecule has 0 aliphatic heterocycles. The fourth-order valence-electron chi connectivity index (χ4n) is 4.09. The summed E-state index contributed by atoms with van der Waals surface area (Å²) in [6, 6.07) is 24.3. The summed E-state index contributed by atoms with van der Waals surface area (Å²) in [5, 5.41) is 6.38. The van der Waals surface area contributed by atoms with Crippen LogP contribution in [0.5, 0.6) is 0 Å². The quantitative estimate of drug-likeness (QED) is 0.287. The monoisotopic (exact) mass is 499 g/mol. The fourth-order valence-corrected chi connectivity index (χ4v) is 4.09. The third-order valence-electron chi connectivity index (χ3n) is 6.01.